The van der Waals surface area contributed by atoms with Crippen LogP contribution in [-0.2, 0) is 6.42 Å². The third-order valence-corrected chi connectivity index (χ3v) is 5.11. The third-order valence-electron chi connectivity index (χ3n) is 4.20. The first-order valence-electron chi connectivity index (χ1n) is 7.17. The number of aromatic nitrogens is 1. The summed E-state index contributed by atoms with van der Waals surface area (Å²) in [5.74, 6) is -0.0716. The molecule has 2 rings (SSSR count). The first kappa shape index (κ1) is 15.4. The molecule has 0 saturated heterocycles. The van der Waals surface area contributed by atoms with E-state index in [9.17, 15) is 4.79 Å². The number of likely N-dealkylation sites (N-methyl/N-ethyl adjacent to an activating group) is 1. The zero-order valence-electron chi connectivity index (χ0n) is 12.3. The van der Waals surface area contributed by atoms with Gasteiger partial charge in [0.1, 0.15) is 5.69 Å². The van der Waals surface area contributed by atoms with E-state index in [-0.39, 0.29) is 11.4 Å². The van der Waals surface area contributed by atoms with Crippen LogP contribution in [0.3, 0.4) is 0 Å². The highest BCUT2D eigenvalue weighted by Crippen LogP contribution is 2.33. The minimum absolute atomic E-state index is 0.0716. The van der Waals surface area contributed by atoms with Crippen LogP contribution in [0.25, 0.3) is 0 Å². The van der Waals surface area contributed by atoms with E-state index in [4.69, 9.17) is 5.73 Å². The molecule has 0 atom stereocenters. The zero-order chi connectivity index (χ0) is 14.6. The fraction of sp³-hybridized carbons (Fsp3) is 0.714. The molecule has 112 valence electrons. The highest BCUT2D eigenvalue weighted by molar-refractivity contribution is 7.09. The summed E-state index contributed by atoms with van der Waals surface area (Å²) in [6.07, 6.45) is 5.52. The summed E-state index contributed by atoms with van der Waals surface area (Å²) in [5.41, 5.74) is 6.13. The Morgan fingerprint density at radius 1 is 1.50 bits per heavy atom. The normalized spacial score (nSPS) is 17.6. The van der Waals surface area contributed by atoms with Crippen LogP contribution in [0.5, 0.6) is 0 Å². The highest BCUT2D eigenvalue weighted by atomic mass is 32.1. The van der Waals surface area contributed by atoms with Gasteiger partial charge in [0.15, 0.2) is 0 Å². The van der Waals surface area contributed by atoms with Crippen molar-refractivity contribution in [3.05, 3.63) is 16.1 Å². The van der Waals surface area contributed by atoms with Gasteiger partial charge in [0.25, 0.3) is 5.91 Å². The number of rotatable bonds is 6. The number of amides is 1. The van der Waals surface area contributed by atoms with Gasteiger partial charge in [0.2, 0.25) is 0 Å². The number of hydrogen-bond acceptors (Lipinski definition) is 5. The minimum atomic E-state index is -0.0716. The second kappa shape index (κ2) is 6.65. The van der Waals surface area contributed by atoms with E-state index < -0.39 is 0 Å². The van der Waals surface area contributed by atoms with E-state index in [1.54, 1.807) is 0 Å². The summed E-state index contributed by atoms with van der Waals surface area (Å²) in [4.78, 5) is 18.7. The van der Waals surface area contributed by atoms with E-state index in [0.717, 1.165) is 24.3 Å². The van der Waals surface area contributed by atoms with Gasteiger partial charge in [-0.3, -0.25) is 4.79 Å². The second-order valence-corrected chi connectivity index (χ2v) is 6.62. The third kappa shape index (κ3) is 3.37. The van der Waals surface area contributed by atoms with Crippen molar-refractivity contribution in [2.45, 2.75) is 37.6 Å². The molecule has 0 unspecified atom stereocenters. The van der Waals surface area contributed by atoms with E-state index in [1.807, 2.05) is 5.38 Å². The summed E-state index contributed by atoms with van der Waals surface area (Å²) in [5, 5.41) is 5.80. The van der Waals surface area contributed by atoms with Crippen LogP contribution in [0.4, 0.5) is 0 Å². The van der Waals surface area contributed by atoms with Crippen molar-refractivity contribution in [3.8, 4) is 0 Å². The van der Waals surface area contributed by atoms with Gasteiger partial charge in [-0.1, -0.05) is 12.8 Å². The van der Waals surface area contributed by atoms with Gasteiger partial charge >= 0.3 is 0 Å². The maximum absolute atomic E-state index is 12.2. The Kier molecular flexibility index (Phi) is 5.12. The standard InChI is InChI=1S/C14H24N4OS/c1-18(2)14(6-3-4-7-14)10-16-13(19)11-9-20-12(17-11)5-8-15/h9H,3-8,10,15H2,1-2H3,(H,16,19). The van der Waals surface area contributed by atoms with Crippen molar-refractivity contribution in [3.63, 3.8) is 0 Å². The quantitative estimate of drug-likeness (QED) is 0.829. The predicted octanol–water partition coefficient (Wildman–Crippen LogP) is 1.25. The summed E-state index contributed by atoms with van der Waals surface area (Å²) in [6.45, 7) is 1.26. The highest BCUT2D eigenvalue weighted by Gasteiger charge is 2.36. The Balaban J connectivity index is 1.93. The number of thiazole rings is 1. The number of hydrogen-bond donors (Lipinski definition) is 2. The number of nitrogens with zero attached hydrogens (tertiary/aromatic N) is 2. The largest absolute Gasteiger partial charge is 0.349 e. The molecule has 1 aliphatic rings. The van der Waals surface area contributed by atoms with Crippen LogP contribution in [0.1, 0.15) is 41.2 Å². The Labute approximate surface area is 124 Å². The number of nitrogens with two attached hydrogens (primary N) is 1. The molecule has 1 fully saturated rings. The van der Waals surface area contributed by atoms with Gasteiger partial charge in [-0.15, -0.1) is 11.3 Å². The lowest BCUT2D eigenvalue weighted by Gasteiger charge is -2.36. The molecule has 0 bridgehead atoms. The van der Waals surface area contributed by atoms with E-state index in [0.29, 0.717) is 18.8 Å². The second-order valence-electron chi connectivity index (χ2n) is 5.67. The lowest BCUT2D eigenvalue weighted by atomic mass is 9.96. The average molecular weight is 296 g/mol. The first-order chi connectivity index (χ1) is 9.57. The molecule has 1 heterocycles. The molecule has 6 heteroatoms. The molecule has 0 spiro atoms. The molecule has 3 N–H and O–H groups in total. The molecule has 1 aromatic rings. The Hall–Kier alpha value is -0.980. The van der Waals surface area contributed by atoms with Crippen LogP contribution in [0, 0.1) is 0 Å². The van der Waals surface area contributed by atoms with Crippen molar-refractivity contribution >= 4 is 17.2 Å². The van der Waals surface area contributed by atoms with E-state index in [2.05, 4.69) is 29.3 Å². The Bertz CT molecular complexity index is 452. The molecule has 20 heavy (non-hydrogen) atoms. The van der Waals surface area contributed by atoms with Crippen molar-refractivity contribution in [1.29, 1.82) is 0 Å². The minimum Gasteiger partial charge on any atom is -0.349 e. The smallest absolute Gasteiger partial charge is 0.270 e. The number of nitrogens with one attached hydrogen (secondary N) is 1. The monoisotopic (exact) mass is 296 g/mol. The van der Waals surface area contributed by atoms with Gasteiger partial charge in [-0.25, -0.2) is 4.98 Å². The van der Waals surface area contributed by atoms with Crippen molar-refractivity contribution in [1.82, 2.24) is 15.2 Å². The van der Waals surface area contributed by atoms with Crippen LogP contribution in [-0.4, -0.2) is 48.5 Å². The van der Waals surface area contributed by atoms with Crippen LogP contribution < -0.4 is 11.1 Å². The number of carbonyl (C=O) groups is 1. The Morgan fingerprint density at radius 2 is 2.20 bits per heavy atom. The molecule has 1 aliphatic carbocycles. The lowest BCUT2D eigenvalue weighted by molar-refractivity contribution is 0.0895. The molecule has 0 radical (unpaired) electrons. The maximum Gasteiger partial charge on any atom is 0.270 e. The molecule has 0 aromatic carbocycles. The SMILES string of the molecule is CN(C)C1(CNC(=O)c2csc(CCN)n2)CCCC1. The fourth-order valence-electron chi connectivity index (χ4n) is 2.80. The Morgan fingerprint density at radius 3 is 2.80 bits per heavy atom. The summed E-state index contributed by atoms with van der Waals surface area (Å²) >= 11 is 1.50. The summed E-state index contributed by atoms with van der Waals surface area (Å²) in [6, 6.07) is 0. The average Bonchev–Trinajstić information content (AvgIpc) is 3.06. The molecule has 5 nitrogen and oxygen atoms in total. The molecule has 1 saturated carbocycles. The number of carbonyl (C=O) groups excluding carboxylic acids is 1. The predicted molar refractivity (Wildman–Crippen MR) is 82.1 cm³/mol. The lowest BCUT2D eigenvalue weighted by Crippen LogP contribution is -2.50. The summed E-state index contributed by atoms with van der Waals surface area (Å²) < 4.78 is 0. The van der Waals surface area contributed by atoms with E-state index in [1.165, 1.54) is 24.2 Å². The van der Waals surface area contributed by atoms with Gasteiger partial charge in [-0.05, 0) is 33.5 Å². The van der Waals surface area contributed by atoms with Gasteiger partial charge in [-0.2, -0.15) is 0 Å². The molecule has 0 aliphatic heterocycles. The maximum atomic E-state index is 12.2. The van der Waals surface area contributed by atoms with Crippen molar-refractivity contribution < 1.29 is 4.79 Å². The van der Waals surface area contributed by atoms with Gasteiger partial charge in [0, 0.05) is 23.9 Å². The van der Waals surface area contributed by atoms with Crippen LogP contribution in [0.2, 0.25) is 0 Å². The van der Waals surface area contributed by atoms with Crippen LogP contribution >= 0.6 is 11.3 Å². The first-order valence-corrected chi connectivity index (χ1v) is 8.05. The van der Waals surface area contributed by atoms with Gasteiger partial charge in [0.05, 0.1) is 5.01 Å². The molecule has 1 aromatic heterocycles. The molecular weight excluding hydrogens is 272 g/mol. The summed E-state index contributed by atoms with van der Waals surface area (Å²) in [7, 11) is 4.19. The van der Waals surface area contributed by atoms with Crippen molar-refractivity contribution in [2.24, 2.45) is 5.73 Å². The van der Waals surface area contributed by atoms with Gasteiger partial charge < -0.3 is 16.0 Å². The van der Waals surface area contributed by atoms with Crippen LogP contribution in [0.15, 0.2) is 5.38 Å². The topological polar surface area (TPSA) is 71.2 Å². The van der Waals surface area contributed by atoms with E-state index >= 15 is 0 Å². The fourth-order valence-corrected chi connectivity index (χ4v) is 3.60. The zero-order valence-corrected chi connectivity index (χ0v) is 13.1. The van der Waals surface area contributed by atoms with Crippen molar-refractivity contribution in [2.75, 3.05) is 27.2 Å². The molecular formula is C14H24N4OS. The molecule has 1 amide bonds.